The smallest absolute Gasteiger partial charge is 0.308 e. The van der Waals surface area contributed by atoms with Crippen LogP contribution >= 0.6 is 0 Å². The summed E-state index contributed by atoms with van der Waals surface area (Å²) in [6, 6.07) is 0. The van der Waals surface area contributed by atoms with Crippen molar-refractivity contribution in [2.45, 2.75) is 25.7 Å². The van der Waals surface area contributed by atoms with E-state index < -0.39 is 0 Å². The summed E-state index contributed by atoms with van der Waals surface area (Å²) in [6.07, 6.45) is 4.40. The van der Waals surface area contributed by atoms with Gasteiger partial charge in [-0.1, -0.05) is 0 Å². The molecule has 1 heterocycles. The van der Waals surface area contributed by atoms with Gasteiger partial charge in [-0.15, -0.1) is 0 Å². The minimum Gasteiger partial charge on any atom is -0.469 e. The van der Waals surface area contributed by atoms with Gasteiger partial charge in [0.2, 0.25) is 0 Å². The molecule has 0 amide bonds. The topological polar surface area (TPSA) is 41.6 Å². The molecule has 0 aromatic rings. The third-order valence-corrected chi connectivity index (χ3v) is 4.11. The second-order valence-electron chi connectivity index (χ2n) is 5.29. The summed E-state index contributed by atoms with van der Waals surface area (Å²) in [5.41, 5.74) is 0. The molecule has 2 aliphatic rings. The maximum absolute atomic E-state index is 11.4. The lowest BCUT2D eigenvalue weighted by Gasteiger charge is -2.34. The first-order valence-electron chi connectivity index (χ1n) is 6.80. The SMILES string of the molecule is COC(=O)C1CCC(CN2CCNCC2)CC1. The number of hydrogen-bond acceptors (Lipinski definition) is 4. The van der Waals surface area contributed by atoms with Crippen LogP contribution in [0.25, 0.3) is 0 Å². The number of esters is 1. The normalized spacial score (nSPS) is 31.1. The molecule has 0 atom stereocenters. The Kier molecular flexibility index (Phi) is 4.80. The molecule has 1 saturated heterocycles. The maximum atomic E-state index is 11.4. The van der Waals surface area contributed by atoms with Crippen molar-refractivity contribution in [3.05, 3.63) is 0 Å². The molecule has 0 spiro atoms. The maximum Gasteiger partial charge on any atom is 0.308 e. The Bertz CT molecular complexity index is 244. The van der Waals surface area contributed by atoms with Gasteiger partial charge in [-0.2, -0.15) is 0 Å². The molecule has 0 radical (unpaired) electrons. The van der Waals surface area contributed by atoms with Gasteiger partial charge in [-0.3, -0.25) is 4.79 Å². The van der Waals surface area contributed by atoms with Crippen LogP contribution in [-0.4, -0.2) is 50.7 Å². The van der Waals surface area contributed by atoms with Crippen LogP contribution < -0.4 is 5.32 Å². The number of nitrogens with zero attached hydrogens (tertiary/aromatic N) is 1. The molecule has 0 bridgehead atoms. The first kappa shape index (κ1) is 12.8. The zero-order valence-electron chi connectivity index (χ0n) is 10.8. The largest absolute Gasteiger partial charge is 0.469 e. The standard InChI is InChI=1S/C13H24N2O2/c1-17-13(16)12-4-2-11(3-5-12)10-15-8-6-14-7-9-15/h11-12,14H,2-10H2,1H3. The highest BCUT2D eigenvalue weighted by molar-refractivity contribution is 5.72. The Balaban J connectivity index is 1.69. The van der Waals surface area contributed by atoms with Crippen molar-refractivity contribution >= 4 is 5.97 Å². The third-order valence-electron chi connectivity index (χ3n) is 4.11. The molecule has 0 aromatic heterocycles. The monoisotopic (exact) mass is 240 g/mol. The van der Waals surface area contributed by atoms with E-state index in [9.17, 15) is 4.79 Å². The summed E-state index contributed by atoms with van der Waals surface area (Å²) >= 11 is 0. The van der Waals surface area contributed by atoms with Crippen molar-refractivity contribution in [2.24, 2.45) is 11.8 Å². The summed E-state index contributed by atoms with van der Waals surface area (Å²) in [5.74, 6) is 0.943. The Labute approximate surface area is 104 Å². The number of nitrogens with one attached hydrogen (secondary N) is 1. The van der Waals surface area contributed by atoms with E-state index in [4.69, 9.17) is 4.74 Å². The summed E-state index contributed by atoms with van der Waals surface area (Å²) in [5, 5.41) is 3.38. The van der Waals surface area contributed by atoms with Gasteiger partial charge >= 0.3 is 5.97 Å². The van der Waals surface area contributed by atoms with Crippen molar-refractivity contribution in [1.82, 2.24) is 10.2 Å². The molecule has 4 heteroatoms. The molecule has 17 heavy (non-hydrogen) atoms. The molecular formula is C13H24N2O2. The second kappa shape index (κ2) is 6.36. The lowest BCUT2D eigenvalue weighted by Crippen LogP contribution is -2.45. The van der Waals surface area contributed by atoms with Crippen molar-refractivity contribution in [2.75, 3.05) is 39.8 Å². The molecular weight excluding hydrogens is 216 g/mol. The molecule has 4 nitrogen and oxygen atoms in total. The Morgan fingerprint density at radius 2 is 1.88 bits per heavy atom. The average molecular weight is 240 g/mol. The molecule has 2 rings (SSSR count). The van der Waals surface area contributed by atoms with Gasteiger partial charge in [-0.25, -0.2) is 0 Å². The van der Waals surface area contributed by atoms with Gasteiger partial charge in [0, 0.05) is 32.7 Å². The summed E-state index contributed by atoms with van der Waals surface area (Å²) in [6.45, 7) is 5.82. The van der Waals surface area contributed by atoms with Crippen LogP contribution in [0.5, 0.6) is 0 Å². The number of methoxy groups -OCH3 is 1. The highest BCUT2D eigenvalue weighted by Crippen LogP contribution is 2.30. The summed E-state index contributed by atoms with van der Waals surface area (Å²) in [4.78, 5) is 14.0. The molecule has 1 saturated carbocycles. The Morgan fingerprint density at radius 3 is 2.47 bits per heavy atom. The Hall–Kier alpha value is -0.610. The van der Waals surface area contributed by atoms with E-state index in [0.29, 0.717) is 0 Å². The van der Waals surface area contributed by atoms with Gasteiger partial charge in [0.1, 0.15) is 0 Å². The number of carbonyl (C=O) groups is 1. The van der Waals surface area contributed by atoms with E-state index >= 15 is 0 Å². The van der Waals surface area contributed by atoms with Crippen LogP contribution in [0.15, 0.2) is 0 Å². The van der Waals surface area contributed by atoms with Gasteiger partial charge < -0.3 is 15.0 Å². The predicted octanol–water partition coefficient (Wildman–Crippen LogP) is 0.871. The molecule has 1 aliphatic heterocycles. The molecule has 2 fully saturated rings. The van der Waals surface area contributed by atoms with Crippen molar-refractivity contribution < 1.29 is 9.53 Å². The fourth-order valence-corrected chi connectivity index (χ4v) is 3.01. The highest BCUT2D eigenvalue weighted by atomic mass is 16.5. The molecule has 98 valence electrons. The van der Waals surface area contributed by atoms with Crippen LogP contribution in [-0.2, 0) is 9.53 Å². The minimum absolute atomic E-state index is 0.00868. The zero-order chi connectivity index (χ0) is 12.1. The van der Waals surface area contributed by atoms with Gasteiger partial charge in [0.15, 0.2) is 0 Å². The second-order valence-corrected chi connectivity index (χ2v) is 5.29. The molecule has 0 unspecified atom stereocenters. The number of rotatable bonds is 3. The van der Waals surface area contributed by atoms with E-state index in [1.165, 1.54) is 39.6 Å². The number of piperazine rings is 1. The lowest BCUT2D eigenvalue weighted by molar-refractivity contribution is -0.146. The van der Waals surface area contributed by atoms with E-state index in [1.54, 1.807) is 0 Å². The van der Waals surface area contributed by atoms with Gasteiger partial charge in [-0.05, 0) is 31.6 Å². The van der Waals surface area contributed by atoms with E-state index in [1.807, 2.05) is 0 Å². The van der Waals surface area contributed by atoms with Gasteiger partial charge in [0.25, 0.3) is 0 Å². The lowest BCUT2D eigenvalue weighted by atomic mass is 9.82. The first-order valence-corrected chi connectivity index (χ1v) is 6.80. The van der Waals surface area contributed by atoms with Gasteiger partial charge in [0.05, 0.1) is 13.0 Å². The van der Waals surface area contributed by atoms with E-state index in [-0.39, 0.29) is 11.9 Å². The zero-order valence-corrected chi connectivity index (χ0v) is 10.8. The number of carbonyl (C=O) groups excluding carboxylic acids is 1. The molecule has 0 aromatic carbocycles. The van der Waals surface area contributed by atoms with Crippen molar-refractivity contribution in [3.63, 3.8) is 0 Å². The first-order chi connectivity index (χ1) is 8.29. The van der Waals surface area contributed by atoms with Crippen LogP contribution in [0.4, 0.5) is 0 Å². The van der Waals surface area contributed by atoms with Crippen LogP contribution in [0.1, 0.15) is 25.7 Å². The molecule has 1 N–H and O–H groups in total. The molecule has 1 aliphatic carbocycles. The number of ether oxygens (including phenoxy) is 1. The minimum atomic E-state index is -0.00868. The van der Waals surface area contributed by atoms with Crippen molar-refractivity contribution in [3.8, 4) is 0 Å². The van der Waals surface area contributed by atoms with E-state index in [0.717, 1.165) is 31.8 Å². The predicted molar refractivity (Wildman–Crippen MR) is 66.8 cm³/mol. The average Bonchev–Trinajstić information content (AvgIpc) is 2.40. The quantitative estimate of drug-likeness (QED) is 0.743. The third kappa shape index (κ3) is 3.68. The van der Waals surface area contributed by atoms with Crippen LogP contribution in [0.3, 0.4) is 0 Å². The van der Waals surface area contributed by atoms with Crippen LogP contribution in [0.2, 0.25) is 0 Å². The summed E-state index contributed by atoms with van der Waals surface area (Å²) in [7, 11) is 1.50. The highest BCUT2D eigenvalue weighted by Gasteiger charge is 2.27. The van der Waals surface area contributed by atoms with Crippen molar-refractivity contribution in [1.29, 1.82) is 0 Å². The number of hydrogen-bond donors (Lipinski definition) is 1. The van der Waals surface area contributed by atoms with Crippen LogP contribution in [0, 0.1) is 11.8 Å². The van der Waals surface area contributed by atoms with E-state index in [2.05, 4.69) is 10.2 Å². The fourth-order valence-electron chi connectivity index (χ4n) is 3.01. The Morgan fingerprint density at radius 1 is 1.24 bits per heavy atom. The fraction of sp³-hybridized carbons (Fsp3) is 0.923. The summed E-state index contributed by atoms with van der Waals surface area (Å²) < 4.78 is 4.82.